The topological polar surface area (TPSA) is 64.0 Å². The highest BCUT2D eigenvalue weighted by Crippen LogP contribution is 2.36. The predicted molar refractivity (Wildman–Crippen MR) is 146 cm³/mol. The zero-order valence-electron chi connectivity index (χ0n) is 22.8. The number of hydrogen-bond acceptors (Lipinski definition) is 6. The maximum Gasteiger partial charge on any atom is 0.337 e. The van der Waals surface area contributed by atoms with Crippen molar-refractivity contribution >= 4 is 22.7 Å². The van der Waals surface area contributed by atoms with Crippen LogP contribution in [0.5, 0.6) is 0 Å². The van der Waals surface area contributed by atoms with Crippen molar-refractivity contribution in [2.24, 2.45) is 5.92 Å². The van der Waals surface area contributed by atoms with Crippen molar-refractivity contribution in [1.82, 2.24) is 14.4 Å². The maximum absolute atomic E-state index is 14.3. The van der Waals surface area contributed by atoms with Crippen LogP contribution in [0.4, 0.5) is 4.39 Å². The third kappa shape index (κ3) is 6.14. The molecule has 1 fully saturated rings. The molecule has 0 spiro atoms. The second kappa shape index (κ2) is 12.7. The van der Waals surface area contributed by atoms with Gasteiger partial charge in [-0.25, -0.2) is 9.18 Å². The zero-order valence-corrected chi connectivity index (χ0v) is 22.8. The molecule has 0 radical (unpaired) electrons. The molecule has 2 aromatic carbocycles. The molecule has 0 amide bonds. The van der Waals surface area contributed by atoms with Gasteiger partial charge in [0.1, 0.15) is 5.82 Å². The number of halogens is 1. The molecule has 1 saturated heterocycles. The van der Waals surface area contributed by atoms with E-state index in [0.717, 1.165) is 68.9 Å². The summed E-state index contributed by atoms with van der Waals surface area (Å²) in [5.74, 6) is -0.625. The first-order chi connectivity index (χ1) is 18.4. The summed E-state index contributed by atoms with van der Waals surface area (Å²) in [6.45, 7) is 8.09. The number of likely N-dealkylation sites (N-methyl/N-ethyl adjacent to an activating group) is 1. The summed E-state index contributed by atoms with van der Waals surface area (Å²) in [5.41, 5.74) is 4.04. The van der Waals surface area contributed by atoms with E-state index in [4.69, 9.17) is 4.74 Å². The molecule has 8 heteroatoms. The van der Waals surface area contributed by atoms with Crippen LogP contribution in [0.3, 0.4) is 0 Å². The van der Waals surface area contributed by atoms with E-state index in [0.29, 0.717) is 23.1 Å². The molecule has 1 unspecified atom stereocenters. The van der Waals surface area contributed by atoms with Gasteiger partial charge in [0, 0.05) is 81.1 Å². The summed E-state index contributed by atoms with van der Waals surface area (Å²) in [5, 5.41) is 0.703. The van der Waals surface area contributed by atoms with Gasteiger partial charge in [-0.2, -0.15) is 0 Å². The third-order valence-electron chi connectivity index (χ3n) is 7.56. The zero-order chi connectivity index (χ0) is 27.2. The van der Waals surface area contributed by atoms with Crippen molar-refractivity contribution in [2.75, 3.05) is 60.6 Å². The number of fused-ring (bicyclic) bond motifs is 3. The lowest BCUT2D eigenvalue weighted by Crippen LogP contribution is -2.47. The lowest BCUT2D eigenvalue weighted by atomic mass is 9.84. The Morgan fingerprint density at radius 2 is 1.74 bits per heavy atom. The fourth-order valence-electron chi connectivity index (χ4n) is 5.30. The number of carbonyl (C=O) groups is 2. The van der Waals surface area contributed by atoms with Crippen LogP contribution in [0.15, 0.2) is 42.5 Å². The minimum Gasteiger partial charge on any atom is -0.465 e. The molecule has 0 saturated carbocycles. The van der Waals surface area contributed by atoms with Crippen LogP contribution in [0.2, 0.25) is 0 Å². The number of benzene rings is 2. The van der Waals surface area contributed by atoms with Gasteiger partial charge in [-0.15, -0.1) is 0 Å². The highest BCUT2D eigenvalue weighted by molar-refractivity contribution is 6.11. The average Bonchev–Trinajstić information content (AvgIpc) is 3.24. The largest absolute Gasteiger partial charge is 0.465 e. The number of carbonyl (C=O) groups excluding carboxylic acids is 2. The van der Waals surface area contributed by atoms with Crippen LogP contribution >= 0.6 is 0 Å². The predicted octanol–water partition coefficient (Wildman–Crippen LogP) is 4.26. The Kier molecular flexibility index (Phi) is 9.31. The molecule has 38 heavy (non-hydrogen) atoms. The summed E-state index contributed by atoms with van der Waals surface area (Å²) >= 11 is 0. The lowest BCUT2D eigenvalue weighted by molar-refractivity contribution is 0.0600. The molecule has 5 rings (SSSR count). The minimum absolute atomic E-state index is 0.0578. The number of aromatic nitrogens is 1. The van der Waals surface area contributed by atoms with Gasteiger partial charge >= 0.3 is 5.97 Å². The van der Waals surface area contributed by atoms with Gasteiger partial charge < -0.3 is 23.8 Å². The summed E-state index contributed by atoms with van der Waals surface area (Å²) in [7, 11) is 5.17. The van der Waals surface area contributed by atoms with Gasteiger partial charge in [0.15, 0.2) is 5.78 Å². The van der Waals surface area contributed by atoms with E-state index in [-0.39, 0.29) is 23.5 Å². The van der Waals surface area contributed by atoms with Crippen molar-refractivity contribution in [3.8, 4) is 0 Å². The molecule has 1 atom stereocenters. The van der Waals surface area contributed by atoms with Gasteiger partial charge in [-0.05, 0) is 62.7 Å². The van der Waals surface area contributed by atoms with Gasteiger partial charge in [-0.3, -0.25) is 4.79 Å². The fourth-order valence-corrected chi connectivity index (χ4v) is 5.30. The first-order valence-electron chi connectivity index (χ1n) is 13.3. The van der Waals surface area contributed by atoms with Crippen LogP contribution in [-0.2, 0) is 22.4 Å². The van der Waals surface area contributed by atoms with E-state index >= 15 is 0 Å². The summed E-state index contributed by atoms with van der Waals surface area (Å²) in [4.78, 5) is 30.1. The Morgan fingerprint density at radius 3 is 2.37 bits per heavy atom. The van der Waals surface area contributed by atoms with Crippen LogP contribution in [-0.4, -0.2) is 86.7 Å². The van der Waals surface area contributed by atoms with Crippen molar-refractivity contribution in [2.45, 2.75) is 26.3 Å². The number of Topliss-reactive ketones (excluding diaryl/α,β-unsaturated/α-hetero) is 1. The number of hydrogen-bond donors (Lipinski definition) is 0. The number of ether oxygens (including phenoxy) is 2. The molecule has 3 aromatic rings. The Bertz CT molecular complexity index is 1260. The molecule has 2 aliphatic rings. The number of rotatable bonds is 6. The molecule has 1 aliphatic heterocycles. The lowest BCUT2D eigenvalue weighted by Gasteiger charge is -2.35. The number of methoxy groups -OCH3 is 2. The van der Waals surface area contributed by atoms with E-state index in [1.165, 1.54) is 19.2 Å². The molecular weight excluding hydrogens is 485 g/mol. The van der Waals surface area contributed by atoms with E-state index in [9.17, 15) is 14.0 Å². The standard InChI is InChI=1S/C27H30FN3O3.C3H8O/c1-29-11-13-30(14-12-29)17-20-7-9-24-25(26(20)32)22-15-21(28)8-10-23(22)31(24)16-18-3-5-19(6-4-18)27(33)34-2;1-3-4-2/h3-6,8,10,15,20H,7,9,11-14,16-17H2,1-2H3;3H2,1-2H3. The van der Waals surface area contributed by atoms with Crippen LogP contribution in [0.1, 0.15) is 45.3 Å². The summed E-state index contributed by atoms with van der Waals surface area (Å²) in [6, 6.07) is 12.0. The number of esters is 1. The Hall–Kier alpha value is -3.07. The van der Waals surface area contributed by atoms with E-state index in [1.54, 1.807) is 25.3 Å². The molecular formula is C30H38FN3O4. The second-order valence-corrected chi connectivity index (χ2v) is 10.0. The van der Waals surface area contributed by atoms with E-state index in [1.807, 2.05) is 19.1 Å². The van der Waals surface area contributed by atoms with Gasteiger partial charge in [0.25, 0.3) is 0 Å². The van der Waals surface area contributed by atoms with Crippen molar-refractivity contribution < 1.29 is 23.5 Å². The highest BCUT2D eigenvalue weighted by atomic mass is 19.1. The van der Waals surface area contributed by atoms with Crippen molar-refractivity contribution in [3.05, 3.63) is 70.7 Å². The average molecular weight is 524 g/mol. The quantitative estimate of drug-likeness (QED) is 0.450. The maximum atomic E-state index is 14.3. The molecule has 0 bridgehead atoms. The van der Waals surface area contributed by atoms with Crippen molar-refractivity contribution in [1.29, 1.82) is 0 Å². The van der Waals surface area contributed by atoms with E-state index in [2.05, 4.69) is 26.2 Å². The molecule has 7 nitrogen and oxygen atoms in total. The third-order valence-corrected chi connectivity index (χ3v) is 7.56. The summed E-state index contributed by atoms with van der Waals surface area (Å²) < 4.78 is 25.7. The molecule has 1 aliphatic carbocycles. The molecule has 1 aromatic heterocycles. The number of piperazine rings is 1. The van der Waals surface area contributed by atoms with Crippen LogP contribution in [0.25, 0.3) is 10.9 Å². The minimum atomic E-state index is -0.372. The van der Waals surface area contributed by atoms with Crippen molar-refractivity contribution in [3.63, 3.8) is 0 Å². The number of nitrogens with zero attached hydrogens (tertiary/aromatic N) is 3. The number of ketones is 1. The van der Waals surface area contributed by atoms with Gasteiger partial charge in [-0.1, -0.05) is 12.1 Å². The Morgan fingerprint density at radius 1 is 1.05 bits per heavy atom. The molecule has 0 N–H and O–H groups in total. The first-order valence-corrected chi connectivity index (χ1v) is 13.3. The second-order valence-electron chi connectivity index (χ2n) is 10.0. The SMILES string of the molecule is CCOC.COC(=O)c1ccc(Cn2c3c(c4cc(F)ccc42)C(=O)C(CN2CCN(C)CC2)CC3)cc1. The monoisotopic (exact) mass is 523 g/mol. The Balaban J connectivity index is 0.000000786. The smallest absolute Gasteiger partial charge is 0.337 e. The fraction of sp³-hybridized carbons (Fsp3) is 0.467. The molecule has 204 valence electrons. The van der Waals surface area contributed by atoms with Gasteiger partial charge in [0.2, 0.25) is 0 Å². The Labute approximate surface area is 224 Å². The van der Waals surface area contributed by atoms with Crippen LogP contribution in [0, 0.1) is 11.7 Å². The molecule has 2 heterocycles. The normalized spacial score (nSPS) is 18.1. The summed E-state index contributed by atoms with van der Waals surface area (Å²) in [6.07, 6.45) is 1.59. The van der Waals surface area contributed by atoms with E-state index < -0.39 is 0 Å². The van der Waals surface area contributed by atoms with Crippen LogP contribution < -0.4 is 0 Å². The van der Waals surface area contributed by atoms with Gasteiger partial charge in [0.05, 0.1) is 12.7 Å². The highest BCUT2D eigenvalue weighted by Gasteiger charge is 2.34. The first kappa shape index (κ1) is 28.0.